The average molecular weight is 375 g/mol. The molecule has 0 aliphatic heterocycles. The SMILES string of the molecule is CCc1sc(-c2nnc(SCC(N)=O)n2CC)cc1Br. The molecule has 0 atom stereocenters. The van der Waals surface area contributed by atoms with Gasteiger partial charge in [0.1, 0.15) is 0 Å². The monoisotopic (exact) mass is 374 g/mol. The molecule has 0 saturated heterocycles. The Balaban J connectivity index is 2.33. The lowest BCUT2D eigenvalue weighted by Crippen LogP contribution is -2.13. The van der Waals surface area contributed by atoms with E-state index in [1.807, 2.05) is 11.5 Å². The molecule has 0 aromatic carbocycles. The first-order chi connectivity index (χ1) is 9.56. The second-order valence-electron chi connectivity index (χ2n) is 4.04. The molecule has 2 N–H and O–H groups in total. The van der Waals surface area contributed by atoms with E-state index in [4.69, 9.17) is 5.73 Å². The predicted molar refractivity (Wildman–Crippen MR) is 86.0 cm³/mol. The Labute approximate surface area is 134 Å². The van der Waals surface area contributed by atoms with Crippen LogP contribution in [0.15, 0.2) is 15.7 Å². The van der Waals surface area contributed by atoms with E-state index < -0.39 is 0 Å². The van der Waals surface area contributed by atoms with Crippen LogP contribution in [0.4, 0.5) is 0 Å². The summed E-state index contributed by atoms with van der Waals surface area (Å²) in [5.74, 6) is 0.700. The third-order valence-corrected chi connectivity index (χ3v) is 5.91. The molecule has 5 nitrogen and oxygen atoms in total. The molecule has 2 aromatic rings. The molecule has 0 spiro atoms. The van der Waals surface area contributed by atoms with Crippen LogP contribution in [0, 0.1) is 0 Å². The number of hydrogen-bond donors (Lipinski definition) is 1. The first kappa shape index (κ1) is 15.5. The summed E-state index contributed by atoms with van der Waals surface area (Å²) in [6, 6.07) is 2.07. The highest BCUT2D eigenvalue weighted by Gasteiger charge is 2.17. The van der Waals surface area contributed by atoms with E-state index in [-0.39, 0.29) is 11.7 Å². The maximum absolute atomic E-state index is 10.9. The quantitative estimate of drug-likeness (QED) is 0.788. The topological polar surface area (TPSA) is 73.8 Å². The maximum atomic E-state index is 10.9. The molecule has 108 valence electrons. The second-order valence-corrected chi connectivity index (χ2v) is 6.97. The van der Waals surface area contributed by atoms with Gasteiger partial charge in [-0.2, -0.15) is 0 Å². The Kier molecular flexibility index (Phi) is 5.22. The molecule has 0 aliphatic rings. The van der Waals surface area contributed by atoms with Crippen molar-refractivity contribution < 1.29 is 4.79 Å². The van der Waals surface area contributed by atoms with E-state index in [1.165, 1.54) is 16.6 Å². The summed E-state index contributed by atoms with van der Waals surface area (Å²) in [6.45, 7) is 4.91. The smallest absolute Gasteiger partial charge is 0.227 e. The molecular weight excluding hydrogens is 360 g/mol. The minimum absolute atomic E-state index is 0.215. The molecule has 2 rings (SSSR count). The molecule has 0 radical (unpaired) electrons. The molecule has 0 unspecified atom stereocenters. The second kappa shape index (κ2) is 6.73. The fraction of sp³-hybridized carbons (Fsp3) is 0.417. The number of carbonyl (C=O) groups excluding carboxylic acids is 1. The van der Waals surface area contributed by atoms with Gasteiger partial charge < -0.3 is 10.3 Å². The van der Waals surface area contributed by atoms with Crippen LogP contribution >= 0.6 is 39.0 Å². The largest absolute Gasteiger partial charge is 0.369 e. The van der Waals surface area contributed by atoms with Gasteiger partial charge in [0, 0.05) is 15.9 Å². The van der Waals surface area contributed by atoms with Crippen molar-refractivity contribution in [2.75, 3.05) is 5.75 Å². The van der Waals surface area contributed by atoms with Gasteiger partial charge >= 0.3 is 0 Å². The highest BCUT2D eigenvalue weighted by molar-refractivity contribution is 9.10. The summed E-state index contributed by atoms with van der Waals surface area (Å²) in [5.41, 5.74) is 5.17. The number of hydrogen-bond acceptors (Lipinski definition) is 5. The predicted octanol–water partition coefficient (Wildman–Crippen LogP) is 2.93. The number of rotatable bonds is 6. The summed E-state index contributed by atoms with van der Waals surface area (Å²) in [5, 5.41) is 9.14. The zero-order valence-corrected chi connectivity index (χ0v) is 14.4. The van der Waals surface area contributed by atoms with Crippen LogP contribution in [0.5, 0.6) is 0 Å². The van der Waals surface area contributed by atoms with Gasteiger partial charge in [-0.1, -0.05) is 18.7 Å². The average Bonchev–Trinajstić information content (AvgIpc) is 2.98. The minimum atomic E-state index is -0.352. The van der Waals surface area contributed by atoms with Gasteiger partial charge in [0.15, 0.2) is 11.0 Å². The first-order valence-electron chi connectivity index (χ1n) is 6.19. The summed E-state index contributed by atoms with van der Waals surface area (Å²) >= 11 is 6.59. The summed E-state index contributed by atoms with van der Waals surface area (Å²) in [7, 11) is 0. The number of nitrogens with two attached hydrogens (primary N) is 1. The van der Waals surface area contributed by atoms with Crippen LogP contribution in [0.25, 0.3) is 10.7 Å². The molecule has 0 saturated carbocycles. The standard InChI is InChI=1S/C12H15BrN4OS2/c1-3-8-7(13)5-9(20-8)11-15-16-12(17(11)4-2)19-6-10(14)18/h5H,3-4,6H2,1-2H3,(H2,14,18). The number of thiophene rings is 1. The van der Waals surface area contributed by atoms with Crippen molar-refractivity contribution in [3.05, 3.63) is 15.4 Å². The van der Waals surface area contributed by atoms with Gasteiger partial charge in [-0.25, -0.2) is 0 Å². The Morgan fingerprint density at radius 2 is 2.25 bits per heavy atom. The van der Waals surface area contributed by atoms with Crippen LogP contribution < -0.4 is 5.73 Å². The van der Waals surface area contributed by atoms with E-state index in [1.54, 1.807) is 11.3 Å². The zero-order chi connectivity index (χ0) is 14.7. The number of halogens is 1. The van der Waals surface area contributed by atoms with E-state index in [0.717, 1.165) is 33.3 Å². The molecular formula is C12H15BrN4OS2. The number of aryl methyl sites for hydroxylation is 1. The molecule has 2 heterocycles. The molecule has 1 amide bonds. The van der Waals surface area contributed by atoms with E-state index in [9.17, 15) is 4.79 Å². The fourth-order valence-electron chi connectivity index (χ4n) is 1.76. The summed E-state index contributed by atoms with van der Waals surface area (Å²) in [6.07, 6.45) is 0.981. The van der Waals surface area contributed by atoms with Gasteiger partial charge in [-0.05, 0) is 35.3 Å². The number of nitrogens with zero attached hydrogens (tertiary/aromatic N) is 3. The van der Waals surface area contributed by atoms with Gasteiger partial charge in [0.25, 0.3) is 0 Å². The Hall–Kier alpha value is -0.860. The van der Waals surface area contributed by atoms with Crippen LogP contribution in [0.2, 0.25) is 0 Å². The van der Waals surface area contributed by atoms with Crippen molar-refractivity contribution in [2.45, 2.75) is 32.0 Å². The Bertz CT molecular complexity index is 623. The maximum Gasteiger partial charge on any atom is 0.227 e. The lowest BCUT2D eigenvalue weighted by molar-refractivity contribution is -0.115. The van der Waals surface area contributed by atoms with Crippen LogP contribution in [-0.4, -0.2) is 26.4 Å². The van der Waals surface area contributed by atoms with Gasteiger partial charge in [-0.3, -0.25) is 4.79 Å². The fourth-order valence-corrected chi connectivity index (χ4v) is 4.39. The summed E-state index contributed by atoms with van der Waals surface area (Å²) < 4.78 is 3.11. The van der Waals surface area contributed by atoms with Crippen molar-refractivity contribution in [3.63, 3.8) is 0 Å². The minimum Gasteiger partial charge on any atom is -0.369 e. The number of thioether (sulfide) groups is 1. The van der Waals surface area contributed by atoms with E-state index in [2.05, 4.69) is 39.1 Å². The van der Waals surface area contributed by atoms with Gasteiger partial charge in [0.2, 0.25) is 5.91 Å². The number of primary amides is 1. The number of carbonyl (C=O) groups is 1. The van der Waals surface area contributed by atoms with Crippen LogP contribution in [-0.2, 0) is 17.8 Å². The van der Waals surface area contributed by atoms with Crippen molar-refractivity contribution in [1.82, 2.24) is 14.8 Å². The lowest BCUT2D eigenvalue weighted by Gasteiger charge is -2.04. The van der Waals surface area contributed by atoms with Crippen molar-refractivity contribution in [1.29, 1.82) is 0 Å². The first-order valence-corrected chi connectivity index (χ1v) is 8.79. The molecule has 0 bridgehead atoms. The van der Waals surface area contributed by atoms with Gasteiger partial charge in [-0.15, -0.1) is 21.5 Å². The number of aromatic nitrogens is 3. The normalized spacial score (nSPS) is 10.9. The highest BCUT2D eigenvalue weighted by Crippen LogP contribution is 2.35. The molecule has 0 fully saturated rings. The van der Waals surface area contributed by atoms with Crippen molar-refractivity contribution in [3.8, 4) is 10.7 Å². The Morgan fingerprint density at radius 1 is 1.50 bits per heavy atom. The molecule has 8 heteroatoms. The van der Waals surface area contributed by atoms with Crippen molar-refractivity contribution >= 4 is 44.9 Å². The summed E-state index contributed by atoms with van der Waals surface area (Å²) in [4.78, 5) is 13.2. The third-order valence-electron chi connectivity index (χ3n) is 2.68. The zero-order valence-electron chi connectivity index (χ0n) is 11.2. The van der Waals surface area contributed by atoms with E-state index >= 15 is 0 Å². The van der Waals surface area contributed by atoms with Crippen LogP contribution in [0.3, 0.4) is 0 Å². The lowest BCUT2D eigenvalue weighted by atomic mass is 10.3. The highest BCUT2D eigenvalue weighted by atomic mass is 79.9. The molecule has 20 heavy (non-hydrogen) atoms. The van der Waals surface area contributed by atoms with Crippen LogP contribution in [0.1, 0.15) is 18.7 Å². The third kappa shape index (κ3) is 3.24. The molecule has 2 aromatic heterocycles. The Morgan fingerprint density at radius 3 is 2.80 bits per heavy atom. The number of amides is 1. The van der Waals surface area contributed by atoms with E-state index in [0.29, 0.717) is 0 Å². The van der Waals surface area contributed by atoms with Gasteiger partial charge in [0.05, 0.1) is 10.6 Å². The van der Waals surface area contributed by atoms with Crippen molar-refractivity contribution in [2.24, 2.45) is 5.73 Å². The molecule has 0 aliphatic carbocycles.